The summed E-state index contributed by atoms with van der Waals surface area (Å²) in [6.45, 7) is 2.01. The van der Waals surface area contributed by atoms with Crippen LogP contribution in [0.2, 0.25) is 0 Å². The lowest BCUT2D eigenvalue weighted by Gasteiger charge is -2.25. The molecule has 0 aliphatic carbocycles. The molecule has 0 aromatic carbocycles. The highest BCUT2D eigenvalue weighted by molar-refractivity contribution is 5.90. The maximum atomic E-state index is 10.8. The molecule has 0 saturated carbocycles. The van der Waals surface area contributed by atoms with E-state index in [1.807, 2.05) is 6.07 Å². The third-order valence-corrected chi connectivity index (χ3v) is 2.50. The highest BCUT2D eigenvalue weighted by Crippen LogP contribution is 2.21. The van der Waals surface area contributed by atoms with Crippen molar-refractivity contribution >= 4 is 11.8 Å². The molecule has 1 aliphatic rings. The summed E-state index contributed by atoms with van der Waals surface area (Å²) in [5.41, 5.74) is 5.11. The first-order valence-electron chi connectivity index (χ1n) is 4.92. The average Bonchev–Trinajstić information content (AvgIpc) is 2.68. The average molecular weight is 194 g/mol. The quantitative estimate of drug-likeness (QED) is 0.773. The first-order chi connectivity index (χ1) is 6.77. The summed E-state index contributed by atoms with van der Waals surface area (Å²) in [5, 5.41) is 0. The maximum absolute atomic E-state index is 10.8. The molecule has 2 heterocycles. The van der Waals surface area contributed by atoms with Crippen LogP contribution in [0.3, 0.4) is 0 Å². The van der Waals surface area contributed by atoms with E-state index in [9.17, 15) is 4.79 Å². The predicted octanol–water partition coefficient (Wildman–Crippen LogP) is 1.37. The Hall–Kier alpha value is -1.45. The van der Waals surface area contributed by atoms with Gasteiger partial charge in [0.25, 0.3) is 5.91 Å². The molecule has 1 fully saturated rings. The first-order valence-corrected chi connectivity index (χ1v) is 4.92. The van der Waals surface area contributed by atoms with Gasteiger partial charge in [0.2, 0.25) is 0 Å². The van der Waals surface area contributed by atoms with Crippen LogP contribution in [0, 0.1) is 0 Å². The molecule has 1 aliphatic heterocycles. The normalized spacial score (nSPS) is 17.0. The topological polar surface area (TPSA) is 59.5 Å². The van der Waals surface area contributed by atoms with Gasteiger partial charge in [-0.05, 0) is 25.3 Å². The van der Waals surface area contributed by atoms with Crippen LogP contribution in [-0.4, -0.2) is 19.0 Å². The molecule has 14 heavy (non-hydrogen) atoms. The van der Waals surface area contributed by atoms with Crippen LogP contribution in [0.4, 0.5) is 5.88 Å². The number of amides is 1. The lowest BCUT2D eigenvalue weighted by atomic mass is 10.1. The van der Waals surface area contributed by atoms with Crippen molar-refractivity contribution < 1.29 is 9.21 Å². The van der Waals surface area contributed by atoms with Crippen molar-refractivity contribution in [3.63, 3.8) is 0 Å². The molecule has 1 aromatic rings. The second-order valence-electron chi connectivity index (χ2n) is 3.55. The van der Waals surface area contributed by atoms with Gasteiger partial charge in [0.1, 0.15) is 0 Å². The van der Waals surface area contributed by atoms with Crippen LogP contribution in [0.25, 0.3) is 0 Å². The highest BCUT2D eigenvalue weighted by atomic mass is 16.4. The summed E-state index contributed by atoms with van der Waals surface area (Å²) in [7, 11) is 0. The Labute approximate surface area is 82.7 Å². The Bertz CT molecular complexity index is 327. The smallest absolute Gasteiger partial charge is 0.284 e. The highest BCUT2D eigenvalue weighted by Gasteiger charge is 2.15. The number of primary amides is 1. The largest absolute Gasteiger partial charge is 0.435 e. The standard InChI is InChI=1S/C10H14N2O2/c11-10(13)8-4-5-9(14-8)12-6-2-1-3-7-12/h4-5H,1-3,6-7H2,(H2,11,13). The molecular formula is C10H14N2O2. The zero-order valence-corrected chi connectivity index (χ0v) is 8.03. The van der Waals surface area contributed by atoms with Crippen LogP contribution in [0.1, 0.15) is 29.8 Å². The number of carbonyl (C=O) groups is 1. The van der Waals surface area contributed by atoms with Crippen LogP contribution >= 0.6 is 0 Å². The second-order valence-corrected chi connectivity index (χ2v) is 3.55. The Morgan fingerprint density at radius 2 is 2.00 bits per heavy atom. The van der Waals surface area contributed by atoms with Crippen LogP contribution < -0.4 is 10.6 Å². The second kappa shape index (κ2) is 3.74. The van der Waals surface area contributed by atoms with Crippen molar-refractivity contribution in [1.29, 1.82) is 0 Å². The minimum Gasteiger partial charge on any atom is -0.435 e. The molecule has 0 bridgehead atoms. The van der Waals surface area contributed by atoms with Gasteiger partial charge in [0.05, 0.1) is 0 Å². The van der Waals surface area contributed by atoms with Gasteiger partial charge in [-0.15, -0.1) is 0 Å². The molecular weight excluding hydrogens is 180 g/mol. The van der Waals surface area contributed by atoms with Gasteiger partial charge < -0.3 is 15.1 Å². The van der Waals surface area contributed by atoms with E-state index in [2.05, 4.69) is 4.90 Å². The van der Waals surface area contributed by atoms with Gasteiger partial charge in [-0.1, -0.05) is 0 Å². The molecule has 4 heteroatoms. The van der Waals surface area contributed by atoms with Crippen molar-refractivity contribution in [3.05, 3.63) is 17.9 Å². The van der Waals surface area contributed by atoms with Crippen LogP contribution in [0.5, 0.6) is 0 Å². The minimum absolute atomic E-state index is 0.241. The van der Waals surface area contributed by atoms with E-state index in [4.69, 9.17) is 10.2 Å². The maximum Gasteiger partial charge on any atom is 0.284 e. The van der Waals surface area contributed by atoms with Crippen molar-refractivity contribution in [3.8, 4) is 0 Å². The Morgan fingerprint density at radius 3 is 2.57 bits per heavy atom. The molecule has 1 aromatic heterocycles. The zero-order chi connectivity index (χ0) is 9.97. The summed E-state index contributed by atoms with van der Waals surface area (Å²) in [6, 6.07) is 3.44. The number of piperidine rings is 1. The van der Waals surface area contributed by atoms with Crippen molar-refractivity contribution in [2.75, 3.05) is 18.0 Å². The van der Waals surface area contributed by atoms with Gasteiger partial charge >= 0.3 is 0 Å². The van der Waals surface area contributed by atoms with Gasteiger partial charge in [-0.2, -0.15) is 0 Å². The van der Waals surface area contributed by atoms with E-state index in [1.165, 1.54) is 19.3 Å². The van der Waals surface area contributed by atoms with E-state index in [1.54, 1.807) is 6.07 Å². The summed E-state index contributed by atoms with van der Waals surface area (Å²) < 4.78 is 5.34. The van der Waals surface area contributed by atoms with Crippen molar-refractivity contribution in [2.24, 2.45) is 5.73 Å². The third-order valence-electron chi connectivity index (χ3n) is 2.50. The molecule has 0 spiro atoms. The summed E-state index contributed by atoms with van der Waals surface area (Å²) in [5.74, 6) is 0.498. The number of anilines is 1. The van der Waals surface area contributed by atoms with E-state index in [0.29, 0.717) is 0 Å². The molecule has 2 rings (SSSR count). The molecule has 0 radical (unpaired) electrons. The first kappa shape index (κ1) is 9.12. The number of furan rings is 1. The van der Waals surface area contributed by atoms with Gasteiger partial charge in [0.15, 0.2) is 11.6 Å². The predicted molar refractivity (Wildman–Crippen MR) is 53.3 cm³/mol. The minimum atomic E-state index is -0.506. The van der Waals surface area contributed by atoms with Gasteiger partial charge in [-0.3, -0.25) is 4.79 Å². The van der Waals surface area contributed by atoms with Gasteiger partial charge in [-0.25, -0.2) is 0 Å². The fourth-order valence-electron chi connectivity index (χ4n) is 1.74. The molecule has 4 nitrogen and oxygen atoms in total. The lowest BCUT2D eigenvalue weighted by molar-refractivity contribution is 0.0974. The number of rotatable bonds is 2. The number of nitrogens with two attached hydrogens (primary N) is 1. The van der Waals surface area contributed by atoms with E-state index in [0.717, 1.165) is 19.0 Å². The van der Waals surface area contributed by atoms with Crippen LogP contribution in [0.15, 0.2) is 16.5 Å². The van der Waals surface area contributed by atoms with E-state index < -0.39 is 5.91 Å². The fourth-order valence-corrected chi connectivity index (χ4v) is 1.74. The van der Waals surface area contributed by atoms with Crippen molar-refractivity contribution in [2.45, 2.75) is 19.3 Å². The fraction of sp³-hybridized carbons (Fsp3) is 0.500. The molecule has 76 valence electrons. The van der Waals surface area contributed by atoms with E-state index in [-0.39, 0.29) is 5.76 Å². The molecule has 0 atom stereocenters. The summed E-state index contributed by atoms with van der Waals surface area (Å²) in [4.78, 5) is 13.0. The molecule has 0 unspecified atom stereocenters. The summed E-state index contributed by atoms with van der Waals surface area (Å²) in [6.07, 6.45) is 3.65. The number of hydrogen-bond donors (Lipinski definition) is 1. The third kappa shape index (κ3) is 1.73. The molecule has 2 N–H and O–H groups in total. The van der Waals surface area contributed by atoms with Crippen molar-refractivity contribution in [1.82, 2.24) is 0 Å². The SMILES string of the molecule is NC(=O)c1ccc(N2CCCCC2)o1. The Kier molecular flexibility index (Phi) is 2.43. The van der Waals surface area contributed by atoms with Crippen LogP contribution in [-0.2, 0) is 0 Å². The number of hydrogen-bond acceptors (Lipinski definition) is 3. The number of nitrogens with zero attached hydrogens (tertiary/aromatic N) is 1. The van der Waals surface area contributed by atoms with E-state index >= 15 is 0 Å². The molecule has 1 saturated heterocycles. The van der Waals surface area contributed by atoms with Gasteiger partial charge in [0, 0.05) is 19.2 Å². The number of carbonyl (C=O) groups excluding carboxylic acids is 1. The zero-order valence-electron chi connectivity index (χ0n) is 8.03. The Morgan fingerprint density at radius 1 is 1.29 bits per heavy atom. The monoisotopic (exact) mass is 194 g/mol. The lowest BCUT2D eigenvalue weighted by Crippen LogP contribution is -2.28. The Balaban J connectivity index is 2.11. The summed E-state index contributed by atoms with van der Waals surface area (Å²) >= 11 is 0. The molecule has 1 amide bonds.